The molecule has 2 aromatic carbocycles. The van der Waals surface area contributed by atoms with Gasteiger partial charge in [-0.2, -0.15) is 4.31 Å². The van der Waals surface area contributed by atoms with Crippen molar-refractivity contribution in [1.82, 2.24) is 4.31 Å². The van der Waals surface area contributed by atoms with Crippen molar-refractivity contribution >= 4 is 49.1 Å². The van der Waals surface area contributed by atoms with Crippen molar-refractivity contribution in [3.8, 4) is 0 Å². The van der Waals surface area contributed by atoms with E-state index in [1.807, 2.05) is 24.3 Å². The van der Waals surface area contributed by atoms with Crippen LogP contribution in [0.5, 0.6) is 0 Å². The smallest absolute Gasteiger partial charge is 0.244 e. The third-order valence-corrected chi connectivity index (χ3v) is 8.21. The van der Waals surface area contributed by atoms with Crippen molar-refractivity contribution in [3.63, 3.8) is 0 Å². The van der Waals surface area contributed by atoms with E-state index >= 15 is 0 Å². The maximum atomic E-state index is 13.0. The molecule has 1 saturated carbocycles. The van der Waals surface area contributed by atoms with E-state index in [4.69, 9.17) is 16.3 Å². The lowest BCUT2D eigenvalue weighted by Crippen LogP contribution is -2.40. The van der Waals surface area contributed by atoms with Crippen LogP contribution in [0.15, 0.2) is 51.8 Å². The van der Waals surface area contributed by atoms with Gasteiger partial charge in [0, 0.05) is 23.2 Å². The molecule has 1 amide bonds. The second-order valence-electron chi connectivity index (χ2n) is 7.21. The molecule has 2 fully saturated rings. The minimum Gasteiger partial charge on any atom is -0.379 e. The summed E-state index contributed by atoms with van der Waals surface area (Å²) in [7, 11) is -3.76. The molecule has 0 spiro atoms. The molecule has 0 unspecified atom stereocenters. The summed E-state index contributed by atoms with van der Waals surface area (Å²) in [6, 6.07) is 12.3. The van der Waals surface area contributed by atoms with Crippen LogP contribution < -0.4 is 5.32 Å². The lowest BCUT2D eigenvalue weighted by molar-refractivity contribution is -0.118. The van der Waals surface area contributed by atoms with Crippen molar-refractivity contribution in [2.24, 2.45) is 0 Å². The summed E-state index contributed by atoms with van der Waals surface area (Å²) in [5, 5.41) is 3.01. The number of carbonyl (C=O) groups excluding carboxylic acids is 1. The Balaban J connectivity index is 1.59. The Morgan fingerprint density at radius 1 is 1.14 bits per heavy atom. The second-order valence-corrected chi connectivity index (χ2v) is 10.4. The number of anilines is 1. The molecule has 154 valence electrons. The molecule has 0 aromatic heterocycles. The van der Waals surface area contributed by atoms with Gasteiger partial charge in [0.25, 0.3) is 0 Å². The number of rotatable bonds is 5. The molecule has 2 aliphatic rings. The van der Waals surface area contributed by atoms with Crippen LogP contribution in [-0.2, 0) is 25.0 Å². The molecule has 1 saturated heterocycles. The highest BCUT2D eigenvalue weighted by Crippen LogP contribution is 2.49. The lowest BCUT2D eigenvalue weighted by Gasteiger charge is -2.26. The second kappa shape index (κ2) is 8.00. The molecule has 9 heteroatoms. The number of benzene rings is 2. The Kier molecular flexibility index (Phi) is 5.74. The predicted molar refractivity (Wildman–Crippen MR) is 115 cm³/mol. The van der Waals surface area contributed by atoms with Crippen molar-refractivity contribution in [3.05, 3.63) is 57.5 Å². The van der Waals surface area contributed by atoms with Gasteiger partial charge in [-0.3, -0.25) is 4.79 Å². The SMILES string of the molecule is O=C(Nc1ccc(Cl)c(S(=O)(=O)N2CCOCC2)c1)C1(c2cccc(Br)c2)CC1. The molecule has 1 aliphatic heterocycles. The molecule has 0 bridgehead atoms. The highest BCUT2D eigenvalue weighted by Gasteiger charge is 2.51. The highest BCUT2D eigenvalue weighted by atomic mass is 79.9. The van der Waals surface area contributed by atoms with Crippen molar-refractivity contribution in [2.75, 3.05) is 31.6 Å². The van der Waals surface area contributed by atoms with E-state index in [-0.39, 0.29) is 28.9 Å². The topological polar surface area (TPSA) is 75.7 Å². The van der Waals surface area contributed by atoms with Crippen LogP contribution in [0.1, 0.15) is 18.4 Å². The number of halogens is 2. The fourth-order valence-corrected chi connectivity index (χ4v) is 5.82. The van der Waals surface area contributed by atoms with Crippen LogP contribution in [-0.4, -0.2) is 44.9 Å². The summed E-state index contributed by atoms with van der Waals surface area (Å²) in [4.78, 5) is 13.0. The van der Waals surface area contributed by atoms with Gasteiger partial charge in [0.1, 0.15) is 4.90 Å². The number of hydrogen-bond donors (Lipinski definition) is 1. The van der Waals surface area contributed by atoms with Crippen LogP contribution >= 0.6 is 27.5 Å². The van der Waals surface area contributed by atoms with Crippen LogP contribution in [0.3, 0.4) is 0 Å². The van der Waals surface area contributed by atoms with E-state index in [0.29, 0.717) is 18.9 Å². The fourth-order valence-electron chi connectivity index (χ4n) is 3.51. The molecular formula is C20H20BrClN2O4S. The van der Waals surface area contributed by atoms with Crippen LogP contribution in [0.2, 0.25) is 5.02 Å². The van der Waals surface area contributed by atoms with Crippen molar-refractivity contribution in [1.29, 1.82) is 0 Å². The van der Waals surface area contributed by atoms with Crippen LogP contribution in [0.4, 0.5) is 5.69 Å². The molecule has 6 nitrogen and oxygen atoms in total. The Morgan fingerprint density at radius 3 is 2.52 bits per heavy atom. The first-order valence-electron chi connectivity index (χ1n) is 9.28. The standard InChI is InChI=1S/C20H20BrClN2O4S/c21-15-3-1-2-14(12-15)20(6-7-20)19(25)23-16-4-5-17(22)18(13-16)29(26,27)24-8-10-28-11-9-24/h1-5,12-13H,6-11H2,(H,23,25). The van der Waals surface area contributed by atoms with Gasteiger partial charge in [0.2, 0.25) is 15.9 Å². The zero-order valence-electron chi connectivity index (χ0n) is 15.5. The largest absolute Gasteiger partial charge is 0.379 e. The van der Waals surface area contributed by atoms with Gasteiger partial charge >= 0.3 is 0 Å². The normalized spacial score (nSPS) is 19.0. The molecular weight excluding hydrogens is 480 g/mol. The third kappa shape index (κ3) is 4.09. The Hall–Kier alpha value is -1.45. The summed E-state index contributed by atoms with van der Waals surface area (Å²) in [5.74, 6) is -0.146. The minimum atomic E-state index is -3.76. The van der Waals surface area contributed by atoms with Gasteiger partial charge in [0.15, 0.2) is 0 Å². The van der Waals surface area contributed by atoms with Gasteiger partial charge in [-0.15, -0.1) is 0 Å². The zero-order chi connectivity index (χ0) is 20.6. The predicted octanol–water partition coefficient (Wildman–Crippen LogP) is 3.79. The number of sulfonamides is 1. The monoisotopic (exact) mass is 498 g/mol. The molecule has 4 rings (SSSR count). The van der Waals surface area contributed by atoms with Crippen LogP contribution in [0.25, 0.3) is 0 Å². The van der Waals surface area contributed by atoms with E-state index < -0.39 is 15.4 Å². The molecule has 29 heavy (non-hydrogen) atoms. The number of hydrogen-bond acceptors (Lipinski definition) is 4. The minimum absolute atomic E-state index is 0.00818. The van der Waals surface area contributed by atoms with E-state index in [9.17, 15) is 13.2 Å². The Morgan fingerprint density at radius 2 is 1.86 bits per heavy atom. The zero-order valence-corrected chi connectivity index (χ0v) is 18.7. The summed E-state index contributed by atoms with van der Waals surface area (Å²) < 4.78 is 33.5. The summed E-state index contributed by atoms with van der Waals surface area (Å²) in [5.41, 5.74) is 0.777. The van der Waals surface area contributed by atoms with Gasteiger partial charge in [-0.25, -0.2) is 8.42 Å². The first-order chi connectivity index (χ1) is 13.8. The van der Waals surface area contributed by atoms with Gasteiger partial charge in [-0.1, -0.05) is 39.7 Å². The Bertz CT molecular complexity index is 1050. The number of amides is 1. The summed E-state index contributed by atoms with van der Waals surface area (Å²) in [6.45, 7) is 1.26. The number of morpholine rings is 1. The van der Waals surface area contributed by atoms with E-state index in [0.717, 1.165) is 22.9 Å². The first kappa shape index (κ1) is 20.8. The average molecular weight is 500 g/mol. The number of nitrogens with zero attached hydrogens (tertiary/aromatic N) is 1. The van der Waals surface area contributed by atoms with Gasteiger partial charge in [0.05, 0.1) is 23.7 Å². The van der Waals surface area contributed by atoms with Gasteiger partial charge < -0.3 is 10.1 Å². The molecule has 2 aromatic rings. The van der Waals surface area contributed by atoms with Crippen molar-refractivity contribution < 1.29 is 17.9 Å². The van der Waals surface area contributed by atoms with E-state index in [2.05, 4.69) is 21.2 Å². The molecule has 1 N–H and O–H groups in total. The molecule has 0 radical (unpaired) electrons. The highest BCUT2D eigenvalue weighted by molar-refractivity contribution is 9.10. The van der Waals surface area contributed by atoms with Crippen molar-refractivity contribution in [2.45, 2.75) is 23.2 Å². The van der Waals surface area contributed by atoms with Gasteiger partial charge in [-0.05, 0) is 48.7 Å². The summed E-state index contributed by atoms with van der Waals surface area (Å²) >= 11 is 9.65. The van der Waals surface area contributed by atoms with Crippen LogP contribution in [0, 0.1) is 0 Å². The molecule has 1 heterocycles. The fraction of sp³-hybridized carbons (Fsp3) is 0.350. The maximum Gasteiger partial charge on any atom is 0.244 e. The van der Waals surface area contributed by atoms with E-state index in [1.54, 1.807) is 6.07 Å². The number of carbonyl (C=O) groups is 1. The first-order valence-corrected chi connectivity index (χ1v) is 11.9. The number of nitrogens with one attached hydrogen (secondary N) is 1. The average Bonchev–Trinajstić information content (AvgIpc) is 3.52. The number of ether oxygens (including phenoxy) is 1. The summed E-state index contributed by atoms with van der Waals surface area (Å²) in [6.07, 6.45) is 1.50. The van der Waals surface area contributed by atoms with E-state index in [1.165, 1.54) is 16.4 Å². The molecule has 0 atom stereocenters. The third-order valence-electron chi connectivity index (χ3n) is 5.34. The Labute approximate surface area is 183 Å². The lowest BCUT2D eigenvalue weighted by atomic mass is 9.95. The quantitative estimate of drug-likeness (QED) is 0.679. The molecule has 1 aliphatic carbocycles. The maximum absolute atomic E-state index is 13.0.